The van der Waals surface area contributed by atoms with Crippen molar-refractivity contribution in [2.75, 3.05) is 20.3 Å². The van der Waals surface area contributed by atoms with Crippen molar-refractivity contribution in [1.82, 2.24) is 0 Å². The van der Waals surface area contributed by atoms with Gasteiger partial charge in [-0.25, -0.2) is 0 Å². The number of para-hydroxylation sites is 1. The molecule has 0 fully saturated rings. The van der Waals surface area contributed by atoms with Crippen molar-refractivity contribution >= 4 is 6.08 Å². The van der Waals surface area contributed by atoms with E-state index < -0.39 is 0 Å². The number of hydrogen-bond donors (Lipinski definition) is 0. The van der Waals surface area contributed by atoms with Gasteiger partial charge in [-0.1, -0.05) is 44.2 Å². The Labute approximate surface area is 98.9 Å². The van der Waals surface area contributed by atoms with Crippen molar-refractivity contribution in [3.8, 4) is 5.75 Å². The van der Waals surface area contributed by atoms with Crippen LogP contribution in [0.15, 0.2) is 30.3 Å². The number of methoxy groups -OCH3 is 1. The molecule has 0 aliphatic carbocycles. The van der Waals surface area contributed by atoms with Gasteiger partial charge in [0.05, 0.1) is 6.61 Å². The Balaban J connectivity index is 0.00000106. The lowest BCUT2D eigenvalue weighted by molar-refractivity contribution is 0.146. The van der Waals surface area contributed by atoms with Gasteiger partial charge >= 0.3 is 0 Å². The maximum atomic E-state index is 5.55. The zero-order chi connectivity index (χ0) is 12.2. The quantitative estimate of drug-likeness (QED) is 0.706. The van der Waals surface area contributed by atoms with Crippen LogP contribution < -0.4 is 4.74 Å². The van der Waals surface area contributed by atoms with Crippen LogP contribution in [0.2, 0.25) is 0 Å². The molecule has 0 aliphatic rings. The third kappa shape index (κ3) is 5.56. The minimum absolute atomic E-state index is 0.588. The molecule has 0 bridgehead atoms. The molecule has 0 aliphatic heterocycles. The molecule has 2 nitrogen and oxygen atoms in total. The summed E-state index contributed by atoms with van der Waals surface area (Å²) in [4.78, 5) is 0. The summed E-state index contributed by atoms with van der Waals surface area (Å²) in [5.74, 6) is 0.905. The summed E-state index contributed by atoms with van der Waals surface area (Å²) in [6.07, 6.45) is 4.03. The Morgan fingerprint density at radius 1 is 1.12 bits per heavy atom. The van der Waals surface area contributed by atoms with Gasteiger partial charge in [-0.05, 0) is 13.0 Å². The van der Waals surface area contributed by atoms with Crippen LogP contribution in [0.4, 0.5) is 0 Å². The second-order valence-electron chi connectivity index (χ2n) is 2.88. The normalized spacial score (nSPS) is 9.75. The van der Waals surface area contributed by atoms with Crippen LogP contribution >= 0.6 is 0 Å². The summed E-state index contributed by atoms with van der Waals surface area (Å²) in [5.41, 5.74) is 1.10. The Bertz CT molecular complexity index is 293. The van der Waals surface area contributed by atoms with Crippen LogP contribution in [0, 0.1) is 0 Å². The molecule has 1 aromatic carbocycles. The molecular weight excluding hydrogens is 200 g/mol. The topological polar surface area (TPSA) is 18.5 Å². The standard InChI is InChI=1S/C12H16O2.C2H6/c1-3-6-11-7-4-5-8-12(11)14-10-9-13-2;1-2/h3-8H,9-10H2,1-2H3;1-2H3/b6-3+;. The molecule has 0 aromatic heterocycles. The molecule has 0 saturated carbocycles. The molecule has 0 saturated heterocycles. The van der Waals surface area contributed by atoms with Crippen LogP contribution in [0.25, 0.3) is 6.08 Å². The van der Waals surface area contributed by atoms with E-state index in [0.717, 1.165) is 11.3 Å². The zero-order valence-electron chi connectivity index (χ0n) is 10.7. The van der Waals surface area contributed by atoms with Gasteiger partial charge in [0.15, 0.2) is 0 Å². The van der Waals surface area contributed by atoms with Gasteiger partial charge < -0.3 is 9.47 Å². The highest BCUT2D eigenvalue weighted by Crippen LogP contribution is 2.19. The van der Waals surface area contributed by atoms with Gasteiger partial charge in [0.25, 0.3) is 0 Å². The molecule has 0 unspecified atom stereocenters. The SMILES string of the molecule is C/C=C/c1ccccc1OCCOC.CC. The van der Waals surface area contributed by atoms with E-state index in [-0.39, 0.29) is 0 Å². The molecule has 0 heterocycles. The van der Waals surface area contributed by atoms with Crippen LogP contribution in [0.1, 0.15) is 26.3 Å². The first-order valence-electron chi connectivity index (χ1n) is 5.72. The summed E-state index contributed by atoms with van der Waals surface area (Å²) in [6, 6.07) is 7.96. The fourth-order valence-electron chi connectivity index (χ4n) is 1.16. The number of benzene rings is 1. The van der Waals surface area contributed by atoms with Crippen molar-refractivity contribution in [3.05, 3.63) is 35.9 Å². The largest absolute Gasteiger partial charge is 0.491 e. The highest BCUT2D eigenvalue weighted by atomic mass is 16.5. The smallest absolute Gasteiger partial charge is 0.126 e. The maximum Gasteiger partial charge on any atom is 0.126 e. The predicted molar refractivity (Wildman–Crippen MR) is 69.9 cm³/mol. The van der Waals surface area contributed by atoms with E-state index in [2.05, 4.69) is 0 Å². The number of hydrogen-bond acceptors (Lipinski definition) is 2. The number of ether oxygens (including phenoxy) is 2. The van der Waals surface area contributed by atoms with Crippen molar-refractivity contribution in [3.63, 3.8) is 0 Å². The summed E-state index contributed by atoms with van der Waals surface area (Å²) in [7, 11) is 1.67. The van der Waals surface area contributed by atoms with Gasteiger partial charge in [-0.15, -0.1) is 0 Å². The fourth-order valence-corrected chi connectivity index (χ4v) is 1.16. The lowest BCUT2D eigenvalue weighted by Gasteiger charge is -2.07. The van der Waals surface area contributed by atoms with Gasteiger partial charge in [0.2, 0.25) is 0 Å². The van der Waals surface area contributed by atoms with E-state index in [0.29, 0.717) is 13.2 Å². The first-order valence-corrected chi connectivity index (χ1v) is 5.72. The highest BCUT2D eigenvalue weighted by molar-refractivity contribution is 5.56. The first kappa shape index (κ1) is 14.7. The maximum absolute atomic E-state index is 5.55. The minimum Gasteiger partial charge on any atom is -0.491 e. The average Bonchev–Trinajstić information content (AvgIpc) is 2.35. The van der Waals surface area contributed by atoms with Crippen molar-refractivity contribution in [2.45, 2.75) is 20.8 Å². The van der Waals surface area contributed by atoms with Crippen LogP contribution in [-0.2, 0) is 4.74 Å². The third-order valence-electron chi connectivity index (χ3n) is 1.81. The van der Waals surface area contributed by atoms with Crippen molar-refractivity contribution < 1.29 is 9.47 Å². The van der Waals surface area contributed by atoms with Crippen LogP contribution in [0.3, 0.4) is 0 Å². The summed E-state index contributed by atoms with van der Waals surface area (Å²) < 4.78 is 10.5. The molecule has 2 heteroatoms. The lowest BCUT2D eigenvalue weighted by atomic mass is 10.2. The van der Waals surface area contributed by atoms with E-state index in [9.17, 15) is 0 Å². The molecule has 0 radical (unpaired) electrons. The predicted octanol–water partition coefficient (Wildman–Crippen LogP) is 3.77. The Morgan fingerprint density at radius 2 is 1.81 bits per heavy atom. The molecule has 1 aromatic rings. The highest BCUT2D eigenvalue weighted by Gasteiger charge is 1.97. The molecular formula is C14H22O2. The van der Waals surface area contributed by atoms with Gasteiger partial charge in [-0.3, -0.25) is 0 Å². The van der Waals surface area contributed by atoms with E-state index in [1.54, 1.807) is 7.11 Å². The van der Waals surface area contributed by atoms with Crippen molar-refractivity contribution in [2.24, 2.45) is 0 Å². The zero-order valence-corrected chi connectivity index (χ0v) is 10.7. The Hall–Kier alpha value is -1.28. The second-order valence-corrected chi connectivity index (χ2v) is 2.88. The monoisotopic (exact) mass is 222 g/mol. The lowest BCUT2D eigenvalue weighted by Crippen LogP contribution is -2.04. The van der Waals surface area contributed by atoms with Crippen LogP contribution in [-0.4, -0.2) is 20.3 Å². The summed E-state index contributed by atoms with van der Waals surface area (Å²) in [5, 5.41) is 0. The Kier molecular flexibility index (Phi) is 9.43. The van der Waals surface area contributed by atoms with Gasteiger partial charge in [-0.2, -0.15) is 0 Å². The first-order chi connectivity index (χ1) is 7.88. The van der Waals surface area contributed by atoms with Crippen molar-refractivity contribution in [1.29, 1.82) is 0 Å². The fraction of sp³-hybridized carbons (Fsp3) is 0.429. The molecule has 1 rings (SSSR count). The second kappa shape index (κ2) is 10.2. The molecule has 16 heavy (non-hydrogen) atoms. The Morgan fingerprint density at radius 3 is 2.44 bits per heavy atom. The molecule has 0 amide bonds. The van der Waals surface area contributed by atoms with Gasteiger partial charge in [0.1, 0.15) is 12.4 Å². The van der Waals surface area contributed by atoms with E-state index >= 15 is 0 Å². The summed E-state index contributed by atoms with van der Waals surface area (Å²) >= 11 is 0. The molecule has 0 atom stereocenters. The molecule has 0 spiro atoms. The molecule has 90 valence electrons. The van der Waals surface area contributed by atoms with E-state index in [1.165, 1.54) is 0 Å². The average molecular weight is 222 g/mol. The minimum atomic E-state index is 0.588. The van der Waals surface area contributed by atoms with E-state index in [4.69, 9.17) is 9.47 Å². The summed E-state index contributed by atoms with van der Waals surface area (Å²) in [6.45, 7) is 7.20. The third-order valence-corrected chi connectivity index (χ3v) is 1.81. The van der Waals surface area contributed by atoms with Gasteiger partial charge in [0, 0.05) is 12.7 Å². The number of rotatable bonds is 5. The molecule has 0 N–H and O–H groups in total. The number of allylic oxidation sites excluding steroid dienone is 1. The van der Waals surface area contributed by atoms with Crippen LogP contribution in [0.5, 0.6) is 5.75 Å². The van der Waals surface area contributed by atoms with E-state index in [1.807, 2.05) is 57.2 Å².